The Hall–Kier alpha value is -2.32. The van der Waals surface area contributed by atoms with Gasteiger partial charge in [0.15, 0.2) is 4.34 Å². The molecule has 0 atom stereocenters. The van der Waals surface area contributed by atoms with Gasteiger partial charge in [0.25, 0.3) is 0 Å². The van der Waals surface area contributed by atoms with Crippen LogP contribution in [0.25, 0.3) is 15.9 Å². The number of nitrogens with zero attached hydrogens (tertiary/aromatic N) is 4. The van der Waals surface area contributed by atoms with Crippen molar-refractivity contribution < 1.29 is 0 Å². The molecule has 0 amide bonds. The Labute approximate surface area is 197 Å². The summed E-state index contributed by atoms with van der Waals surface area (Å²) < 4.78 is 4.07. The number of hydrogen-bond acceptors (Lipinski definition) is 6. The summed E-state index contributed by atoms with van der Waals surface area (Å²) in [5.74, 6) is 1.62. The van der Waals surface area contributed by atoms with Crippen LogP contribution in [0, 0.1) is 6.92 Å². The molecule has 4 nitrogen and oxygen atoms in total. The van der Waals surface area contributed by atoms with E-state index < -0.39 is 0 Å². The van der Waals surface area contributed by atoms with Crippen LogP contribution in [0.5, 0.6) is 0 Å². The molecule has 5 rings (SSSR count). The number of aryl methyl sites for hydroxylation is 1. The van der Waals surface area contributed by atoms with E-state index in [-0.39, 0.29) is 0 Å². The van der Waals surface area contributed by atoms with Crippen molar-refractivity contribution in [3.8, 4) is 5.69 Å². The molecule has 31 heavy (non-hydrogen) atoms. The van der Waals surface area contributed by atoms with Crippen LogP contribution in [0.1, 0.15) is 11.4 Å². The molecule has 0 spiro atoms. The molecule has 0 saturated carbocycles. The number of benzene rings is 3. The molecule has 5 aromatic rings. The quantitative estimate of drug-likeness (QED) is 0.239. The SMILES string of the molecule is Cc1ccc(SCc2nnc(Sc3nc4c(Cl)cccc4s3)n2-c2ccccc2)cc1. The molecule has 0 N–H and O–H groups in total. The summed E-state index contributed by atoms with van der Waals surface area (Å²) in [5.41, 5.74) is 3.12. The summed E-state index contributed by atoms with van der Waals surface area (Å²) >= 11 is 11.2. The highest BCUT2D eigenvalue weighted by Gasteiger charge is 2.18. The fourth-order valence-corrected chi connectivity index (χ4v) is 6.24. The van der Waals surface area contributed by atoms with Crippen molar-refractivity contribution >= 4 is 56.7 Å². The van der Waals surface area contributed by atoms with Crippen LogP contribution in [0.4, 0.5) is 0 Å². The van der Waals surface area contributed by atoms with Crippen LogP contribution in [0.2, 0.25) is 5.02 Å². The van der Waals surface area contributed by atoms with Gasteiger partial charge < -0.3 is 0 Å². The Balaban J connectivity index is 1.48. The third kappa shape index (κ3) is 4.50. The van der Waals surface area contributed by atoms with Gasteiger partial charge in [-0.25, -0.2) is 4.98 Å². The van der Waals surface area contributed by atoms with Crippen molar-refractivity contribution in [2.45, 2.75) is 27.1 Å². The second kappa shape index (κ2) is 9.04. The molecule has 0 aliphatic carbocycles. The molecule has 0 bridgehead atoms. The number of fused-ring (bicyclic) bond motifs is 1. The first-order valence-electron chi connectivity index (χ1n) is 9.59. The molecule has 0 aliphatic rings. The fourth-order valence-electron chi connectivity index (χ4n) is 3.10. The molecule has 8 heteroatoms. The second-order valence-electron chi connectivity index (χ2n) is 6.84. The number of para-hydroxylation sites is 2. The lowest BCUT2D eigenvalue weighted by Crippen LogP contribution is -2.01. The van der Waals surface area contributed by atoms with Crippen LogP contribution >= 0.6 is 46.5 Å². The molecule has 0 fully saturated rings. The third-order valence-corrected chi connectivity index (χ3v) is 7.97. The average molecular weight is 481 g/mol. The molecule has 2 aromatic heterocycles. The van der Waals surface area contributed by atoms with Crippen molar-refractivity contribution in [1.82, 2.24) is 19.7 Å². The maximum Gasteiger partial charge on any atom is 0.202 e. The lowest BCUT2D eigenvalue weighted by molar-refractivity contribution is 0.864. The smallest absolute Gasteiger partial charge is 0.202 e. The van der Waals surface area contributed by atoms with Crippen LogP contribution in [0.15, 0.2) is 87.2 Å². The topological polar surface area (TPSA) is 43.6 Å². The third-order valence-electron chi connectivity index (χ3n) is 4.63. The Kier molecular flexibility index (Phi) is 6.00. The van der Waals surface area contributed by atoms with Gasteiger partial charge in [0, 0.05) is 10.6 Å². The van der Waals surface area contributed by atoms with Crippen LogP contribution in [-0.4, -0.2) is 19.7 Å². The van der Waals surface area contributed by atoms with E-state index in [9.17, 15) is 0 Å². The van der Waals surface area contributed by atoms with Gasteiger partial charge in [0.2, 0.25) is 5.16 Å². The van der Waals surface area contributed by atoms with E-state index in [1.807, 2.05) is 36.4 Å². The van der Waals surface area contributed by atoms with E-state index in [4.69, 9.17) is 16.6 Å². The fraction of sp³-hybridized carbons (Fsp3) is 0.0870. The molecule has 154 valence electrons. The molecule has 3 aromatic carbocycles. The first-order valence-corrected chi connectivity index (χ1v) is 12.6. The Bertz CT molecular complexity index is 1330. The van der Waals surface area contributed by atoms with Gasteiger partial charge in [-0.05, 0) is 55.1 Å². The molecular weight excluding hydrogens is 464 g/mol. The van der Waals surface area contributed by atoms with E-state index in [0.717, 1.165) is 37.0 Å². The van der Waals surface area contributed by atoms with Crippen molar-refractivity contribution in [3.63, 3.8) is 0 Å². The molecule has 0 radical (unpaired) electrons. The van der Waals surface area contributed by atoms with Gasteiger partial charge in [-0.2, -0.15) is 0 Å². The summed E-state index contributed by atoms with van der Waals surface area (Å²) in [5, 5.41) is 10.5. The molecule has 0 aliphatic heterocycles. The predicted molar refractivity (Wildman–Crippen MR) is 131 cm³/mol. The summed E-state index contributed by atoms with van der Waals surface area (Å²) in [7, 11) is 0. The monoisotopic (exact) mass is 480 g/mol. The number of halogens is 1. The number of hydrogen-bond donors (Lipinski definition) is 0. The minimum Gasteiger partial charge on any atom is -0.273 e. The number of rotatable bonds is 6. The van der Waals surface area contributed by atoms with Crippen molar-refractivity contribution in [3.05, 3.63) is 89.2 Å². The zero-order valence-electron chi connectivity index (χ0n) is 16.5. The first kappa shape index (κ1) is 20.6. The Morgan fingerprint density at radius 3 is 2.52 bits per heavy atom. The Morgan fingerprint density at radius 2 is 1.74 bits per heavy atom. The normalized spacial score (nSPS) is 11.3. The highest BCUT2D eigenvalue weighted by molar-refractivity contribution is 8.01. The van der Waals surface area contributed by atoms with Crippen LogP contribution < -0.4 is 0 Å². The summed E-state index contributed by atoms with van der Waals surface area (Å²) in [6.07, 6.45) is 0. The van der Waals surface area contributed by atoms with Crippen molar-refractivity contribution in [1.29, 1.82) is 0 Å². The van der Waals surface area contributed by atoms with Crippen LogP contribution in [-0.2, 0) is 5.75 Å². The molecule has 0 saturated heterocycles. The number of thiazole rings is 1. The number of thioether (sulfide) groups is 1. The second-order valence-corrected chi connectivity index (χ2v) is 10.5. The lowest BCUT2D eigenvalue weighted by atomic mass is 10.2. The van der Waals surface area contributed by atoms with E-state index in [1.165, 1.54) is 22.2 Å². The van der Waals surface area contributed by atoms with E-state index in [1.54, 1.807) is 23.1 Å². The zero-order valence-corrected chi connectivity index (χ0v) is 19.7. The van der Waals surface area contributed by atoms with Gasteiger partial charge in [0.1, 0.15) is 11.3 Å². The summed E-state index contributed by atoms with van der Waals surface area (Å²) in [6, 6.07) is 24.6. The first-order chi connectivity index (χ1) is 15.2. The largest absolute Gasteiger partial charge is 0.273 e. The van der Waals surface area contributed by atoms with Gasteiger partial charge in [-0.3, -0.25) is 4.57 Å². The average Bonchev–Trinajstić information content (AvgIpc) is 3.39. The highest BCUT2D eigenvalue weighted by atomic mass is 35.5. The van der Waals surface area contributed by atoms with E-state index in [0.29, 0.717) is 5.02 Å². The van der Waals surface area contributed by atoms with Crippen molar-refractivity contribution in [2.24, 2.45) is 0 Å². The lowest BCUT2D eigenvalue weighted by Gasteiger charge is -2.09. The van der Waals surface area contributed by atoms with Gasteiger partial charge >= 0.3 is 0 Å². The zero-order chi connectivity index (χ0) is 21.2. The number of aromatic nitrogens is 4. The minimum atomic E-state index is 0.667. The Morgan fingerprint density at radius 1 is 0.935 bits per heavy atom. The summed E-state index contributed by atoms with van der Waals surface area (Å²) in [6.45, 7) is 2.10. The summed E-state index contributed by atoms with van der Waals surface area (Å²) in [4.78, 5) is 5.93. The predicted octanol–water partition coefficient (Wildman–Crippen LogP) is 7.28. The van der Waals surface area contributed by atoms with E-state index in [2.05, 4.69) is 58.1 Å². The van der Waals surface area contributed by atoms with Gasteiger partial charge in [-0.1, -0.05) is 53.6 Å². The maximum absolute atomic E-state index is 6.31. The standard InChI is InChI=1S/C23H17ClN4S3/c1-15-10-12-17(13-11-15)29-14-20-26-27-22(28(20)16-6-3-2-4-7-16)31-23-25-21-18(24)8-5-9-19(21)30-23/h2-13H,14H2,1H3. The molecular formula is C23H17ClN4S3. The molecule has 0 unspecified atom stereocenters. The highest BCUT2D eigenvalue weighted by Crippen LogP contribution is 2.37. The minimum absolute atomic E-state index is 0.667. The maximum atomic E-state index is 6.31. The van der Waals surface area contributed by atoms with E-state index >= 15 is 0 Å². The van der Waals surface area contributed by atoms with Crippen molar-refractivity contribution in [2.75, 3.05) is 0 Å². The van der Waals surface area contributed by atoms with Gasteiger partial charge in [-0.15, -0.1) is 33.3 Å². The van der Waals surface area contributed by atoms with Gasteiger partial charge in [0.05, 0.1) is 15.5 Å². The molecule has 2 heterocycles. The van der Waals surface area contributed by atoms with Crippen LogP contribution in [0.3, 0.4) is 0 Å².